The van der Waals surface area contributed by atoms with Crippen LogP contribution in [0.25, 0.3) is 0 Å². The molecule has 0 saturated carbocycles. The number of hydrogen-bond acceptors (Lipinski definition) is 3. The highest BCUT2D eigenvalue weighted by molar-refractivity contribution is 5.38. The van der Waals surface area contributed by atoms with Crippen LogP contribution in [0.1, 0.15) is 26.3 Å². The van der Waals surface area contributed by atoms with Crippen molar-refractivity contribution in [3.8, 4) is 5.75 Å². The number of aliphatic hydroxyl groups excluding tert-OH is 1. The van der Waals surface area contributed by atoms with Crippen LogP contribution in [0.2, 0.25) is 0 Å². The first-order valence-electron chi connectivity index (χ1n) is 5.96. The first-order chi connectivity index (χ1) is 8.05. The summed E-state index contributed by atoms with van der Waals surface area (Å²) in [5.41, 5.74) is 1.27. The number of ether oxygens (including phenoxy) is 2. The highest BCUT2D eigenvalue weighted by Crippen LogP contribution is 2.30. The van der Waals surface area contributed by atoms with Gasteiger partial charge in [-0.1, -0.05) is 39.0 Å². The molecule has 3 heteroatoms. The van der Waals surface area contributed by atoms with Gasteiger partial charge in [0.2, 0.25) is 0 Å². The van der Waals surface area contributed by atoms with Gasteiger partial charge < -0.3 is 14.6 Å². The lowest BCUT2D eigenvalue weighted by Crippen LogP contribution is -2.15. The van der Waals surface area contributed by atoms with Crippen LogP contribution in [0.3, 0.4) is 0 Å². The number of benzene rings is 1. The van der Waals surface area contributed by atoms with Crippen molar-refractivity contribution in [2.24, 2.45) is 0 Å². The summed E-state index contributed by atoms with van der Waals surface area (Å²) in [7, 11) is 0. The molecule has 0 aliphatic heterocycles. The van der Waals surface area contributed by atoms with Crippen LogP contribution in [0.15, 0.2) is 24.3 Å². The van der Waals surface area contributed by atoms with E-state index in [0.717, 1.165) is 5.75 Å². The molecular weight excluding hydrogens is 216 g/mol. The van der Waals surface area contributed by atoms with Crippen molar-refractivity contribution in [1.82, 2.24) is 0 Å². The highest BCUT2D eigenvalue weighted by atomic mass is 16.5. The molecule has 0 aliphatic carbocycles. The summed E-state index contributed by atoms with van der Waals surface area (Å²) < 4.78 is 10.9. The number of rotatable bonds is 6. The van der Waals surface area contributed by atoms with E-state index in [1.807, 2.05) is 18.2 Å². The van der Waals surface area contributed by atoms with Crippen molar-refractivity contribution in [2.45, 2.75) is 26.2 Å². The Morgan fingerprint density at radius 3 is 2.41 bits per heavy atom. The molecule has 96 valence electrons. The van der Waals surface area contributed by atoms with Gasteiger partial charge in [-0.2, -0.15) is 0 Å². The Balaban J connectivity index is 2.53. The maximum Gasteiger partial charge on any atom is 0.123 e. The van der Waals surface area contributed by atoms with Crippen LogP contribution in [0.4, 0.5) is 0 Å². The Hall–Kier alpha value is -1.06. The third-order valence-electron chi connectivity index (χ3n) is 2.42. The fourth-order valence-electron chi connectivity index (χ4n) is 1.59. The van der Waals surface area contributed by atoms with Crippen LogP contribution in [0, 0.1) is 0 Å². The summed E-state index contributed by atoms with van der Waals surface area (Å²) >= 11 is 0. The SMILES string of the molecule is CC(C)(C)c1ccccc1OCCOCCO. The zero-order valence-corrected chi connectivity index (χ0v) is 10.9. The third-order valence-corrected chi connectivity index (χ3v) is 2.42. The summed E-state index contributed by atoms with van der Waals surface area (Å²) in [5, 5.41) is 8.57. The maximum atomic E-state index is 8.57. The molecule has 1 rings (SSSR count). The molecule has 3 nitrogen and oxygen atoms in total. The molecule has 0 fully saturated rings. The molecule has 0 spiro atoms. The van der Waals surface area contributed by atoms with Gasteiger partial charge in [-0.3, -0.25) is 0 Å². The average molecular weight is 238 g/mol. The lowest BCUT2D eigenvalue weighted by atomic mass is 9.86. The van der Waals surface area contributed by atoms with Gasteiger partial charge in [-0.25, -0.2) is 0 Å². The Morgan fingerprint density at radius 1 is 1.06 bits per heavy atom. The molecule has 1 N–H and O–H groups in total. The molecule has 17 heavy (non-hydrogen) atoms. The van der Waals surface area contributed by atoms with Crippen molar-refractivity contribution in [3.05, 3.63) is 29.8 Å². The van der Waals surface area contributed by atoms with Crippen LogP contribution in [-0.2, 0) is 10.2 Å². The highest BCUT2D eigenvalue weighted by Gasteiger charge is 2.18. The van der Waals surface area contributed by atoms with Gasteiger partial charge in [-0.05, 0) is 17.0 Å². The van der Waals surface area contributed by atoms with Crippen LogP contribution in [-0.4, -0.2) is 31.5 Å². The van der Waals surface area contributed by atoms with Gasteiger partial charge in [0.25, 0.3) is 0 Å². The standard InChI is InChI=1S/C14H22O3/c1-14(2,3)12-6-4-5-7-13(12)17-11-10-16-9-8-15/h4-7,15H,8-11H2,1-3H3. The van der Waals surface area contributed by atoms with Gasteiger partial charge >= 0.3 is 0 Å². The zero-order chi connectivity index (χ0) is 12.7. The molecule has 0 saturated heterocycles. The maximum absolute atomic E-state index is 8.57. The van der Waals surface area contributed by atoms with Crippen molar-refractivity contribution in [1.29, 1.82) is 0 Å². The summed E-state index contributed by atoms with van der Waals surface area (Å²) in [5.74, 6) is 0.910. The van der Waals surface area contributed by atoms with Crippen molar-refractivity contribution >= 4 is 0 Å². The van der Waals surface area contributed by atoms with Gasteiger partial charge in [0.05, 0.1) is 19.8 Å². The van der Waals surface area contributed by atoms with E-state index in [0.29, 0.717) is 19.8 Å². The fourth-order valence-corrected chi connectivity index (χ4v) is 1.59. The lowest BCUT2D eigenvalue weighted by molar-refractivity contribution is 0.0701. The minimum atomic E-state index is 0.0541. The predicted octanol–water partition coefficient (Wildman–Crippen LogP) is 2.37. The molecule has 0 amide bonds. The molecule has 0 aliphatic rings. The monoisotopic (exact) mass is 238 g/mol. The van der Waals surface area contributed by atoms with E-state index >= 15 is 0 Å². The molecule has 0 atom stereocenters. The molecule has 1 aromatic rings. The van der Waals surface area contributed by atoms with Crippen LogP contribution >= 0.6 is 0 Å². The summed E-state index contributed by atoms with van der Waals surface area (Å²) in [6.07, 6.45) is 0. The Morgan fingerprint density at radius 2 is 1.76 bits per heavy atom. The van der Waals surface area contributed by atoms with E-state index in [4.69, 9.17) is 14.6 Å². The van der Waals surface area contributed by atoms with Gasteiger partial charge in [0, 0.05) is 0 Å². The Kier molecular flexibility index (Phi) is 5.45. The normalized spacial score (nSPS) is 11.5. The quantitative estimate of drug-likeness (QED) is 0.773. The van der Waals surface area contributed by atoms with Gasteiger partial charge in [0.1, 0.15) is 12.4 Å². The third kappa shape index (κ3) is 4.75. The Bertz CT molecular complexity index is 328. The summed E-state index contributed by atoms with van der Waals surface area (Å²) in [6.45, 7) is 7.92. The smallest absolute Gasteiger partial charge is 0.123 e. The van der Waals surface area contributed by atoms with Gasteiger partial charge in [-0.15, -0.1) is 0 Å². The van der Waals surface area contributed by atoms with Crippen molar-refractivity contribution in [3.63, 3.8) is 0 Å². The summed E-state index contributed by atoms with van der Waals surface area (Å²) in [6, 6.07) is 8.06. The van der Waals surface area contributed by atoms with Crippen molar-refractivity contribution < 1.29 is 14.6 Å². The van der Waals surface area contributed by atoms with Crippen LogP contribution in [0.5, 0.6) is 5.75 Å². The molecule has 1 aromatic carbocycles. The van der Waals surface area contributed by atoms with Crippen molar-refractivity contribution in [2.75, 3.05) is 26.4 Å². The number of para-hydroxylation sites is 1. The van der Waals surface area contributed by atoms with E-state index in [9.17, 15) is 0 Å². The first kappa shape index (κ1) is 14.0. The molecule has 0 heterocycles. The van der Waals surface area contributed by atoms with E-state index < -0.39 is 0 Å². The summed E-state index contributed by atoms with van der Waals surface area (Å²) in [4.78, 5) is 0. The zero-order valence-electron chi connectivity index (χ0n) is 10.9. The second-order valence-corrected chi connectivity index (χ2v) is 4.93. The predicted molar refractivity (Wildman–Crippen MR) is 68.5 cm³/mol. The fraction of sp³-hybridized carbons (Fsp3) is 0.571. The first-order valence-corrected chi connectivity index (χ1v) is 5.96. The second-order valence-electron chi connectivity index (χ2n) is 4.93. The molecule has 0 unspecified atom stereocenters. The van der Waals surface area contributed by atoms with E-state index in [1.165, 1.54) is 5.56 Å². The minimum absolute atomic E-state index is 0.0541. The minimum Gasteiger partial charge on any atom is -0.491 e. The second kappa shape index (κ2) is 6.62. The van der Waals surface area contributed by atoms with E-state index in [1.54, 1.807) is 0 Å². The molecular formula is C14H22O3. The molecule has 0 bridgehead atoms. The average Bonchev–Trinajstić information content (AvgIpc) is 2.28. The van der Waals surface area contributed by atoms with Crippen LogP contribution < -0.4 is 4.74 Å². The van der Waals surface area contributed by atoms with E-state index in [-0.39, 0.29) is 12.0 Å². The number of hydrogen-bond donors (Lipinski definition) is 1. The Labute approximate surface area is 103 Å². The molecule has 0 aromatic heterocycles. The van der Waals surface area contributed by atoms with E-state index in [2.05, 4.69) is 26.8 Å². The lowest BCUT2D eigenvalue weighted by Gasteiger charge is -2.22. The molecule has 0 radical (unpaired) electrons. The number of aliphatic hydroxyl groups is 1. The largest absolute Gasteiger partial charge is 0.491 e. The topological polar surface area (TPSA) is 38.7 Å². The van der Waals surface area contributed by atoms with Gasteiger partial charge in [0.15, 0.2) is 0 Å².